The number of carbonyl (C=O) groups is 2. The molecule has 0 bridgehead atoms. The fraction of sp³-hybridized carbons (Fsp3) is 0.273. The van der Waals surface area contributed by atoms with E-state index in [4.69, 9.17) is 5.11 Å². The van der Waals surface area contributed by atoms with Gasteiger partial charge in [0.05, 0.1) is 23.7 Å². The van der Waals surface area contributed by atoms with Crippen LogP contribution in [0, 0.1) is 5.92 Å². The van der Waals surface area contributed by atoms with E-state index in [1.54, 1.807) is 17.1 Å². The molecule has 0 aromatic heterocycles. The van der Waals surface area contributed by atoms with Crippen molar-refractivity contribution < 1.29 is 14.7 Å². The van der Waals surface area contributed by atoms with Crippen LogP contribution in [0.4, 0.5) is 5.69 Å². The van der Waals surface area contributed by atoms with E-state index in [1.165, 1.54) is 12.1 Å². The van der Waals surface area contributed by atoms with Gasteiger partial charge in [0.15, 0.2) is 0 Å². The maximum Gasteiger partial charge on any atom is 0.335 e. The summed E-state index contributed by atoms with van der Waals surface area (Å²) in [6.07, 6.45) is 0. The Labute approximate surface area is 92.6 Å². The molecule has 84 valence electrons. The van der Waals surface area contributed by atoms with Gasteiger partial charge >= 0.3 is 5.97 Å². The highest BCUT2D eigenvalue weighted by atomic mass is 16.4. The zero-order valence-electron chi connectivity index (χ0n) is 8.80. The molecule has 1 saturated heterocycles. The minimum atomic E-state index is -0.953. The van der Waals surface area contributed by atoms with Crippen molar-refractivity contribution >= 4 is 17.6 Å². The summed E-state index contributed by atoms with van der Waals surface area (Å²) in [4.78, 5) is 21.9. The zero-order chi connectivity index (χ0) is 11.7. The highest BCUT2D eigenvalue weighted by molar-refractivity contribution is 5.88. The molecule has 1 aliphatic heterocycles. The van der Waals surface area contributed by atoms with Crippen molar-refractivity contribution in [2.24, 2.45) is 5.92 Å². The molecule has 0 spiro atoms. The second-order valence-corrected chi connectivity index (χ2v) is 3.84. The lowest BCUT2D eigenvalue weighted by molar-refractivity contribution is -0.121. The number of hydrogen-bond donors (Lipinski definition) is 2. The number of carbonyl (C=O) groups excluding carboxylic acids is 1. The van der Waals surface area contributed by atoms with Crippen LogP contribution in [0.25, 0.3) is 0 Å². The molecule has 5 nitrogen and oxygen atoms in total. The van der Waals surface area contributed by atoms with E-state index in [0.29, 0.717) is 6.54 Å². The van der Waals surface area contributed by atoms with E-state index in [2.05, 4.69) is 5.43 Å². The van der Waals surface area contributed by atoms with Crippen LogP contribution in [-0.4, -0.2) is 23.5 Å². The smallest absolute Gasteiger partial charge is 0.335 e. The van der Waals surface area contributed by atoms with E-state index in [-0.39, 0.29) is 17.4 Å². The van der Waals surface area contributed by atoms with Crippen LogP contribution >= 0.6 is 0 Å². The number of hydrazine groups is 1. The quantitative estimate of drug-likeness (QED) is 0.776. The van der Waals surface area contributed by atoms with Gasteiger partial charge in [-0.1, -0.05) is 6.92 Å². The van der Waals surface area contributed by atoms with Crippen molar-refractivity contribution in [1.82, 2.24) is 5.43 Å². The van der Waals surface area contributed by atoms with Gasteiger partial charge in [-0.25, -0.2) is 4.79 Å². The molecule has 1 aliphatic rings. The van der Waals surface area contributed by atoms with Crippen molar-refractivity contribution in [3.8, 4) is 0 Å². The van der Waals surface area contributed by atoms with Crippen LogP contribution in [0.2, 0.25) is 0 Å². The van der Waals surface area contributed by atoms with Crippen molar-refractivity contribution in [1.29, 1.82) is 0 Å². The van der Waals surface area contributed by atoms with E-state index in [1.807, 2.05) is 6.92 Å². The Bertz CT molecular complexity index is 427. The van der Waals surface area contributed by atoms with Crippen LogP contribution in [0.5, 0.6) is 0 Å². The average Bonchev–Trinajstić information content (AvgIpc) is 2.59. The number of hydrogen-bond acceptors (Lipinski definition) is 3. The average molecular weight is 220 g/mol. The van der Waals surface area contributed by atoms with E-state index in [0.717, 1.165) is 5.69 Å². The lowest BCUT2D eigenvalue weighted by Gasteiger charge is -2.17. The highest BCUT2D eigenvalue weighted by Gasteiger charge is 2.26. The Morgan fingerprint density at radius 2 is 2.06 bits per heavy atom. The molecule has 0 saturated carbocycles. The summed E-state index contributed by atoms with van der Waals surface area (Å²) in [5.74, 6) is -1.01. The lowest BCUT2D eigenvalue weighted by atomic mass is 10.2. The fourth-order valence-electron chi connectivity index (χ4n) is 1.60. The molecule has 1 amide bonds. The summed E-state index contributed by atoms with van der Waals surface area (Å²) < 4.78 is 0. The molecule has 1 aromatic carbocycles. The Balaban J connectivity index is 2.17. The molecule has 2 N–H and O–H groups in total. The number of amides is 1. The van der Waals surface area contributed by atoms with Gasteiger partial charge < -0.3 is 5.11 Å². The predicted molar refractivity (Wildman–Crippen MR) is 58.1 cm³/mol. The first kappa shape index (κ1) is 10.5. The summed E-state index contributed by atoms with van der Waals surface area (Å²) in [6.45, 7) is 2.45. The molecule has 5 heteroatoms. The number of carboxylic acid groups (broad SMARTS) is 1. The molecule has 1 heterocycles. The zero-order valence-corrected chi connectivity index (χ0v) is 8.80. The molecule has 1 atom stereocenters. The SMILES string of the molecule is CC1CN(c2ccc(C(=O)O)cc2)NC1=O. The summed E-state index contributed by atoms with van der Waals surface area (Å²) in [5.41, 5.74) is 3.75. The Morgan fingerprint density at radius 3 is 2.50 bits per heavy atom. The number of rotatable bonds is 2. The fourth-order valence-corrected chi connectivity index (χ4v) is 1.60. The molecule has 1 unspecified atom stereocenters. The standard InChI is InChI=1S/C11H12N2O3/c1-7-6-13(12-10(7)14)9-4-2-8(3-5-9)11(15)16/h2-5,7H,6H2,1H3,(H,12,14)(H,15,16). The molecule has 1 fully saturated rings. The van der Waals surface area contributed by atoms with Crippen LogP contribution in [-0.2, 0) is 4.79 Å². The lowest BCUT2D eigenvalue weighted by Crippen LogP contribution is -2.32. The Morgan fingerprint density at radius 1 is 1.44 bits per heavy atom. The maximum absolute atomic E-state index is 11.3. The third kappa shape index (κ3) is 1.84. The number of carboxylic acids is 1. The third-order valence-electron chi connectivity index (χ3n) is 2.58. The molecule has 16 heavy (non-hydrogen) atoms. The van der Waals surface area contributed by atoms with Crippen molar-refractivity contribution in [3.05, 3.63) is 29.8 Å². The summed E-state index contributed by atoms with van der Waals surface area (Å²) in [5, 5.41) is 10.5. The first-order chi connectivity index (χ1) is 7.58. The van der Waals surface area contributed by atoms with Crippen molar-refractivity contribution in [3.63, 3.8) is 0 Å². The number of aromatic carboxylic acids is 1. The largest absolute Gasteiger partial charge is 0.478 e. The Hall–Kier alpha value is -2.04. The molecule has 0 aliphatic carbocycles. The van der Waals surface area contributed by atoms with E-state index >= 15 is 0 Å². The third-order valence-corrected chi connectivity index (χ3v) is 2.58. The van der Waals surface area contributed by atoms with Gasteiger partial charge in [-0.3, -0.25) is 15.2 Å². The maximum atomic E-state index is 11.3. The van der Waals surface area contributed by atoms with Crippen LogP contribution in [0.1, 0.15) is 17.3 Å². The van der Waals surface area contributed by atoms with Crippen LogP contribution in [0.3, 0.4) is 0 Å². The normalized spacial score (nSPS) is 19.7. The first-order valence-corrected chi connectivity index (χ1v) is 4.99. The summed E-state index contributed by atoms with van der Waals surface area (Å²) in [6, 6.07) is 6.41. The Kier molecular flexibility index (Phi) is 2.52. The van der Waals surface area contributed by atoms with Gasteiger partial charge in [0.2, 0.25) is 5.91 Å². The molecular weight excluding hydrogens is 208 g/mol. The van der Waals surface area contributed by atoms with Crippen molar-refractivity contribution in [2.45, 2.75) is 6.92 Å². The van der Waals surface area contributed by atoms with E-state index in [9.17, 15) is 9.59 Å². The van der Waals surface area contributed by atoms with Gasteiger partial charge in [0.25, 0.3) is 0 Å². The predicted octanol–water partition coefficient (Wildman–Crippen LogP) is 0.872. The van der Waals surface area contributed by atoms with E-state index < -0.39 is 5.97 Å². The van der Waals surface area contributed by atoms with Gasteiger partial charge in [-0.2, -0.15) is 0 Å². The summed E-state index contributed by atoms with van der Waals surface area (Å²) >= 11 is 0. The second kappa shape index (κ2) is 3.84. The van der Waals surface area contributed by atoms with Crippen molar-refractivity contribution in [2.75, 3.05) is 11.6 Å². The molecular formula is C11H12N2O3. The van der Waals surface area contributed by atoms with Crippen LogP contribution in [0.15, 0.2) is 24.3 Å². The molecule has 1 aromatic rings. The second-order valence-electron chi connectivity index (χ2n) is 3.84. The molecule has 2 rings (SSSR count). The van der Waals surface area contributed by atoms with Gasteiger partial charge in [0, 0.05) is 0 Å². The van der Waals surface area contributed by atoms with Gasteiger partial charge in [-0.05, 0) is 24.3 Å². The number of nitrogens with zero attached hydrogens (tertiary/aromatic N) is 1. The number of anilines is 1. The van der Waals surface area contributed by atoms with Crippen LogP contribution < -0.4 is 10.4 Å². The minimum Gasteiger partial charge on any atom is -0.478 e. The van der Waals surface area contributed by atoms with Gasteiger partial charge in [0.1, 0.15) is 0 Å². The first-order valence-electron chi connectivity index (χ1n) is 4.99. The van der Waals surface area contributed by atoms with Gasteiger partial charge in [-0.15, -0.1) is 0 Å². The minimum absolute atomic E-state index is 0.0117. The monoisotopic (exact) mass is 220 g/mol. The number of nitrogens with one attached hydrogen (secondary N) is 1. The number of benzene rings is 1. The topological polar surface area (TPSA) is 69.6 Å². The highest BCUT2D eigenvalue weighted by Crippen LogP contribution is 2.18. The molecule has 0 radical (unpaired) electrons. The summed E-state index contributed by atoms with van der Waals surface area (Å²) in [7, 11) is 0.